The zero-order valence-corrected chi connectivity index (χ0v) is 10.9. The molecule has 6 nitrogen and oxygen atoms in total. The molecule has 0 saturated carbocycles. The lowest BCUT2D eigenvalue weighted by Gasteiger charge is -2.21. The van der Waals surface area contributed by atoms with Crippen molar-refractivity contribution < 1.29 is 19.1 Å². The average Bonchev–Trinajstić information content (AvgIpc) is 2.39. The number of nitrogens with zero attached hydrogens (tertiary/aromatic N) is 1. The molecule has 0 aliphatic carbocycles. The summed E-state index contributed by atoms with van der Waals surface area (Å²) in [5.74, 6) is -1.39. The number of nitrogens with one attached hydrogen (secondary N) is 1. The van der Waals surface area contributed by atoms with Gasteiger partial charge in [0.2, 0.25) is 0 Å². The topological polar surface area (TPSA) is 96.9 Å². The smallest absolute Gasteiger partial charge is 0.256 e. The Morgan fingerprint density at radius 3 is 2.63 bits per heavy atom. The Bertz CT molecular complexity index is 515. The van der Waals surface area contributed by atoms with Crippen LogP contribution in [0.1, 0.15) is 19.4 Å². The Morgan fingerprint density at radius 1 is 1.53 bits per heavy atom. The van der Waals surface area contributed by atoms with Crippen LogP contribution in [0.15, 0.2) is 23.4 Å². The summed E-state index contributed by atoms with van der Waals surface area (Å²) in [5, 5.41) is 13.7. The lowest BCUT2D eigenvalue weighted by molar-refractivity contribution is -0.133. The van der Waals surface area contributed by atoms with Crippen molar-refractivity contribution in [2.75, 3.05) is 12.4 Å². The Balaban J connectivity index is 2.96. The molecule has 19 heavy (non-hydrogen) atoms. The number of halogens is 1. The van der Waals surface area contributed by atoms with E-state index in [1.54, 1.807) is 13.8 Å². The molecule has 104 valence electrons. The molecule has 7 heteroatoms. The van der Waals surface area contributed by atoms with Crippen molar-refractivity contribution in [3.05, 3.63) is 29.6 Å². The lowest BCUT2D eigenvalue weighted by atomic mass is 10.1. The van der Waals surface area contributed by atoms with E-state index in [0.29, 0.717) is 0 Å². The van der Waals surface area contributed by atoms with Gasteiger partial charge < -0.3 is 21.0 Å². The number of ether oxygens (including phenoxy) is 1. The SMILES string of the molecule is COC(C)(C)C(=O)Nc1ccc(/C(N)=N/O)cc1F. The van der Waals surface area contributed by atoms with Crippen LogP contribution >= 0.6 is 0 Å². The van der Waals surface area contributed by atoms with Gasteiger partial charge in [-0.15, -0.1) is 0 Å². The molecule has 0 heterocycles. The molecular formula is C12H16FN3O3. The number of hydrogen-bond donors (Lipinski definition) is 3. The normalized spacial score (nSPS) is 12.3. The number of amidine groups is 1. The minimum absolute atomic E-state index is 0.00962. The number of oxime groups is 1. The third-order valence-electron chi connectivity index (χ3n) is 2.68. The summed E-state index contributed by atoms with van der Waals surface area (Å²) < 4.78 is 18.7. The molecule has 0 atom stereocenters. The molecule has 0 spiro atoms. The number of carbonyl (C=O) groups is 1. The van der Waals surface area contributed by atoms with Gasteiger partial charge in [0.05, 0.1) is 5.69 Å². The summed E-state index contributed by atoms with van der Waals surface area (Å²) in [5.41, 5.74) is 4.46. The Kier molecular flexibility index (Phi) is 4.44. The molecular weight excluding hydrogens is 253 g/mol. The maximum absolute atomic E-state index is 13.8. The van der Waals surface area contributed by atoms with E-state index in [-0.39, 0.29) is 17.1 Å². The predicted octanol–water partition coefficient (Wildman–Crippen LogP) is 1.28. The average molecular weight is 269 g/mol. The van der Waals surface area contributed by atoms with Gasteiger partial charge in [0.1, 0.15) is 11.4 Å². The van der Waals surface area contributed by atoms with Crippen molar-refractivity contribution in [1.82, 2.24) is 0 Å². The number of benzene rings is 1. The highest BCUT2D eigenvalue weighted by atomic mass is 19.1. The first-order valence-electron chi connectivity index (χ1n) is 5.46. The number of carbonyl (C=O) groups excluding carboxylic acids is 1. The van der Waals surface area contributed by atoms with E-state index in [1.807, 2.05) is 0 Å². The Labute approximate surface area is 110 Å². The van der Waals surface area contributed by atoms with E-state index in [4.69, 9.17) is 15.7 Å². The first kappa shape index (κ1) is 14.9. The van der Waals surface area contributed by atoms with Gasteiger partial charge in [-0.25, -0.2) is 4.39 Å². The van der Waals surface area contributed by atoms with Gasteiger partial charge in [0, 0.05) is 12.7 Å². The summed E-state index contributed by atoms with van der Waals surface area (Å²) in [4.78, 5) is 11.8. The first-order chi connectivity index (χ1) is 8.81. The number of nitrogens with two attached hydrogens (primary N) is 1. The minimum Gasteiger partial charge on any atom is -0.409 e. The molecule has 0 fully saturated rings. The number of rotatable bonds is 4. The van der Waals surface area contributed by atoms with E-state index >= 15 is 0 Å². The molecule has 0 aliphatic rings. The summed E-state index contributed by atoms with van der Waals surface area (Å²) in [6, 6.07) is 3.81. The van der Waals surface area contributed by atoms with E-state index in [9.17, 15) is 9.18 Å². The summed E-state index contributed by atoms with van der Waals surface area (Å²) in [6.07, 6.45) is 0. The van der Waals surface area contributed by atoms with Crippen LogP contribution in [-0.4, -0.2) is 29.7 Å². The molecule has 0 radical (unpaired) electrons. The number of hydrogen-bond acceptors (Lipinski definition) is 4. The van der Waals surface area contributed by atoms with Crippen molar-refractivity contribution >= 4 is 17.4 Å². The zero-order valence-electron chi connectivity index (χ0n) is 10.9. The Morgan fingerprint density at radius 2 is 2.16 bits per heavy atom. The molecule has 0 aromatic heterocycles. The van der Waals surface area contributed by atoms with Crippen LogP contribution in [0.3, 0.4) is 0 Å². The van der Waals surface area contributed by atoms with Crippen LogP contribution in [-0.2, 0) is 9.53 Å². The van der Waals surface area contributed by atoms with Crippen molar-refractivity contribution in [2.24, 2.45) is 10.9 Å². The minimum atomic E-state index is -1.07. The second-order valence-electron chi connectivity index (χ2n) is 4.35. The van der Waals surface area contributed by atoms with Crippen LogP contribution in [0.4, 0.5) is 10.1 Å². The van der Waals surface area contributed by atoms with Crippen LogP contribution in [0.2, 0.25) is 0 Å². The third kappa shape index (κ3) is 3.41. The van der Waals surface area contributed by atoms with Crippen LogP contribution in [0, 0.1) is 5.82 Å². The molecule has 0 unspecified atom stereocenters. The zero-order chi connectivity index (χ0) is 14.6. The third-order valence-corrected chi connectivity index (χ3v) is 2.68. The fourth-order valence-corrected chi connectivity index (χ4v) is 1.20. The molecule has 0 saturated heterocycles. The fourth-order valence-electron chi connectivity index (χ4n) is 1.20. The first-order valence-corrected chi connectivity index (χ1v) is 5.46. The highest BCUT2D eigenvalue weighted by Crippen LogP contribution is 2.18. The second-order valence-corrected chi connectivity index (χ2v) is 4.35. The van der Waals surface area contributed by atoms with Gasteiger partial charge in [0.15, 0.2) is 5.84 Å². The fraction of sp³-hybridized carbons (Fsp3) is 0.333. The largest absolute Gasteiger partial charge is 0.409 e. The maximum Gasteiger partial charge on any atom is 0.256 e. The van der Waals surface area contributed by atoms with Gasteiger partial charge in [-0.1, -0.05) is 5.16 Å². The van der Waals surface area contributed by atoms with E-state index < -0.39 is 17.3 Å². The molecule has 0 bridgehead atoms. The quantitative estimate of drug-likeness (QED) is 0.332. The summed E-state index contributed by atoms with van der Waals surface area (Å²) in [7, 11) is 1.39. The predicted molar refractivity (Wildman–Crippen MR) is 68.6 cm³/mol. The standard InChI is InChI=1S/C12H16FN3O3/c1-12(2,19-3)11(17)15-9-5-4-7(6-8(9)13)10(14)16-18/h4-6,18H,1-3H3,(H2,14,16)(H,15,17). The number of anilines is 1. The molecule has 4 N–H and O–H groups in total. The van der Waals surface area contributed by atoms with Crippen molar-refractivity contribution in [3.8, 4) is 0 Å². The molecule has 1 amide bonds. The van der Waals surface area contributed by atoms with Crippen LogP contribution in [0.5, 0.6) is 0 Å². The van der Waals surface area contributed by atoms with Crippen LogP contribution < -0.4 is 11.1 Å². The molecule has 1 aromatic carbocycles. The number of methoxy groups -OCH3 is 1. The van der Waals surface area contributed by atoms with E-state index in [0.717, 1.165) is 6.07 Å². The van der Waals surface area contributed by atoms with Crippen molar-refractivity contribution in [2.45, 2.75) is 19.4 Å². The van der Waals surface area contributed by atoms with Crippen LogP contribution in [0.25, 0.3) is 0 Å². The lowest BCUT2D eigenvalue weighted by Crippen LogP contribution is -2.39. The van der Waals surface area contributed by atoms with Crippen molar-refractivity contribution in [1.29, 1.82) is 0 Å². The van der Waals surface area contributed by atoms with Gasteiger partial charge in [-0.2, -0.15) is 0 Å². The van der Waals surface area contributed by atoms with Gasteiger partial charge >= 0.3 is 0 Å². The van der Waals surface area contributed by atoms with Gasteiger partial charge in [-0.3, -0.25) is 4.79 Å². The number of amides is 1. The van der Waals surface area contributed by atoms with Gasteiger partial charge in [-0.05, 0) is 32.0 Å². The molecule has 1 rings (SSSR count). The molecule has 1 aromatic rings. The van der Waals surface area contributed by atoms with Crippen molar-refractivity contribution in [3.63, 3.8) is 0 Å². The Hall–Kier alpha value is -2.15. The monoisotopic (exact) mass is 269 g/mol. The highest BCUT2D eigenvalue weighted by molar-refractivity contribution is 5.99. The van der Waals surface area contributed by atoms with E-state index in [2.05, 4.69) is 10.5 Å². The van der Waals surface area contributed by atoms with E-state index in [1.165, 1.54) is 19.2 Å². The summed E-state index contributed by atoms with van der Waals surface area (Å²) >= 11 is 0. The summed E-state index contributed by atoms with van der Waals surface area (Å²) in [6.45, 7) is 3.12. The highest BCUT2D eigenvalue weighted by Gasteiger charge is 2.27. The second kappa shape index (κ2) is 5.66. The maximum atomic E-state index is 13.8. The van der Waals surface area contributed by atoms with Gasteiger partial charge in [0.25, 0.3) is 5.91 Å². The molecule has 0 aliphatic heterocycles.